The molecule has 0 saturated carbocycles. The summed E-state index contributed by atoms with van der Waals surface area (Å²) in [5.74, 6) is -5.00. The van der Waals surface area contributed by atoms with Gasteiger partial charge in [-0.05, 0) is 26.0 Å². The minimum atomic E-state index is -4.10. The van der Waals surface area contributed by atoms with Crippen molar-refractivity contribution in [3.8, 4) is 11.1 Å². The molecule has 0 spiro atoms. The Morgan fingerprint density at radius 2 is 1.89 bits per heavy atom. The van der Waals surface area contributed by atoms with Gasteiger partial charge in [0.25, 0.3) is 11.6 Å². The van der Waals surface area contributed by atoms with Gasteiger partial charge in [0.15, 0.2) is 13.5 Å². The number of H-pyrrole nitrogens is 1. The van der Waals surface area contributed by atoms with Crippen LogP contribution in [0.5, 0.6) is 0 Å². The van der Waals surface area contributed by atoms with Gasteiger partial charge in [0.05, 0.1) is 11.6 Å². The number of pyridine rings is 1. The first-order valence-corrected chi connectivity index (χ1v) is 11.1. The van der Waals surface area contributed by atoms with Crippen molar-refractivity contribution in [3.63, 3.8) is 0 Å². The van der Waals surface area contributed by atoms with Gasteiger partial charge in [-0.2, -0.15) is 0 Å². The Bertz CT molecular complexity index is 1110. The van der Waals surface area contributed by atoms with Crippen LogP contribution >= 0.6 is 11.6 Å². The highest BCUT2D eigenvalue weighted by Crippen LogP contribution is 2.33. The van der Waals surface area contributed by atoms with E-state index in [9.17, 15) is 35.4 Å². The zero-order chi connectivity index (χ0) is 28.4. The lowest BCUT2D eigenvalue weighted by Crippen LogP contribution is -2.72. The molecule has 0 saturated heterocycles. The molecule has 0 aliphatic rings. The molecule has 1 unspecified atom stereocenters. The molecular weight excluding hydrogens is 507 g/mol. The Hall–Kier alpha value is -3.01. The van der Waals surface area contributed by atoms with Crippen LogP contribution in [0, 0.1) is 0 Å². The Morgan fingerprint density at radius 1 is 1.24 bits per heavy atom. The summed E-state index contributed by atoms with van der Waals surface area (Å²) >= 11 is 6.08. The highest BCUT2D eigenvalue weighted by atomic mass is 35.5. The largest absolute Gasteiger partial charge is 0.395 e. The number of aromatic amines is 1. The highest BCUT2D eigenvalue weighted by Gasteiger charge is 2.59. The summed E-state index contributed by atoms with van der Waals surface area (Å²) in [5.41, 5.74) is -5.48. The highest BCUT2D eigenvalue weighted by molar-refractivity contribution is 6.33. The lowest BCUT2D eigenvalue weighted by atomic mass is 9.82. The molecule has 0 aromatic carbocycles. The summed E-state index contributed by atoms with van der Waals surface area (Å²) < 4.78 is 0. The van der Waals surface area contributed by atoms with Crippen LogP contribution in [0.3, 0.4) is 0 Å². The Balaban J connectivity index is 0.000000738. The van der Waals surface area contributed by atoms with E-state index in [-0.39, 0.29) is 29.4 Å². The van der Waals surface area contributed by atoms with Crippen LogP contribution in [0.15, 0.2) is 61.0 Å². The molecule has 2 aromatic rings. The average Bonchev–Trinajstić information content (AvgIpc) is 3.31. The molecule has 1 amide bonds. The second-order valence-corrected chi connectivity index (χ2v) is 8.08. The number of halogens is 1. The summed E-state index contributed by atoms with van der Waals surface area (Å²) in [5, 5.41) is 69.9. The van der Waals surface area contributed by atoms with Crippen molar-refractivity contribution in [2.24, 2.45) is 0 Å². The molecule has 2 heterocycles. The van der Waals surface area contributed by atoms with Crippen LogP contribution in [0.25, 0.3) is 11.1 Å². The van der Waals surface area contributed by atoms with Gasteiger partial charge in [0, 0.05) is 30.1 Å². The number of aliphatic hydroxyl groups excluding tert-OH is 1. The lowest BCUT2D eigenvalue weighted by molar-refractivity contribution is -0.424. The van der Waals surface area contributed by atoms with Gasteiger partial charge in [-0.25, -0.2) is 4.98 Å². The quantitative estimate of drug-likeness (QED) is 0.109. The van der Waals surface area contributed by atoms with E-state index in [1.54, 1.807) is 0 Å². The van der Waals surface area contributed by atoms with Crippen molar-refractivity contribution in [1.82, 2.24) is 15.3 Å². The summed E-state index contributed by atoms with van der Waals surface area (Å²) in [6.45, 7) is 7.43. The van der Waals surface area contributed by atoms with Crippen molar-refractivity contribution in [2.45, 2.75) is 31.2 Å². The molecule has 14 heteroatoms. The Labute approximate surface area is 219 Å². The van der Waals surface area contributed by atoms with E-state index >= 15 is 0 Å². The summed E-state index contributed by atoms with van der Waals surface area (Å²) in [6.07, 6.45) is 10.3. The van der Waals surface area contributed by atoms with Crippen molar-refractivity contribution in [1.29, 1.82) is 0 Å². The number of rotatable bonds is 10. The van der Waals surface area contributed by atoms with Crippen LogP contribution in [0.2, 0.25) is 5.02 Å². The van der Waals surface area contributed by atoms with E-state index in [1.807, 2.05) is 43.5 Å². The molecule has 1 atom stereocenters. The van der Waals surface area contributed by atoms with Gasteiger partial charge < -0.3 is 51.4 Å². The maximum Gasteiger partial charge on any atom is 0.331 e. The van der Waals surface area contributed by atoms with Crippen LogP contribution in [0.1, 0.15) is 24.3 Å². The molecule has 0 aliphatic heterocycles. The van der Waals surface area contributed by atoms with Crippen LogP contribution in [0.4, 0.5) is 5.82 Å². The third-order valence-electron chi connectivity index (χ3n) is 4.69. The Kier molecular flexibility index (Phi) is 11.7. The number of carbonyl (C=O) groups is 1. The maximum atomic E-state index is 11.9. The fourth-order valence-electron chi connectivity index (χ4n) is 2.60. The number of nitrogens with one attached hydrogen (secondary N) is 3. The van der Waals surface area contributed by atoms with Crippen molar-refractivity contribution >= 4 is 31.2 Å². The number of carbonyl (C=O) groups excluding carboxylic acids is 1. The molecule has 12 nitrogen and oxygen atoms in total. The number of nitrogens with zero attached hydrogens (tertiary/aromatic N) is 1. The van der Waals surface area contributed by atoms with E-state index < -0.39 is 29.1 Å². The number of hydrogen-bond acceptors (Lipinski definition) is 10. The first-order chi connectivity index (χ1) is 17.1. The standard InChI is InChI=1S/C15H18BClN4O8.C8H12/c16-14(25,26)13(24,15(27,28)29)21-11-4-8(9(17)6-20-11)7-3-10(19-5-7)12(23)18-1-2-22;1-4-6-7-8(3)5-2/h3-6,19,22,24-29H,1-2H2,(H,18,23)(H,20,21);4-7H,2H2,1,3H3/b;6-4-,8-7-. The molecular formula is C23H30BClN4O8. The van der Waals surface area contributed by atoms with Gasteiger partial charge >= 0.3 is 5.97 Å². The number of allylic oxidation sites excluding steroid dienone is 5. The van der Waals surface area contributed by atoms with Gasteiger partial charge in [0.2, 0.25) is 0 Å². The van der Waals surface area contributed by atoms with Crippen molar-refractivity contribution < 1.29 is 40.5 Å². The van der Waals surface area contributed by atoms with Crippen LogP contribution in [-0.2, 0) is 0 Å². The van der Waals surface area contributed by atoms with E-state index in [0.29, 0.717) is 5.56 Å². The monoisotopic (exact) mass is 536 g/mol. The number of anilines is 1. The zero-order valence-corrected chi connectivity index (χ0v) is 20.9. The molecule has 0 bridgehead atoms. The van der Waals surface area contributed by atoms with Crippen molar-refractivity contribution in [3.05, 3.63) is 71.7 Å². The third-order valence-corrected chi connectivity index (χ3v) is 4.99. The molecule has 2 radical (unpaired) electrons. The normalized spacial score (nSPS) is 13.9. The molecule has 2 rings (SSSR count). The van der Waals surface area contributed by atoms with E-state index in [4.69, 9.17) is 24.6 Å². The molecule has 10 N–H and O–H groups in total. The topological polar surface area (TPSA) is 211 Å². The minimum absolute atomic E-state index is 0.0459. The van der Waals surface area contributed by atoms with E-state index in [1.165, 1.54) is 17.8 Å². The third kappa shape index (κ3) is 8.81. The van der Waals surface area contributed by atoms with E-state index in [0.717, 1.165) is 12.3 Å². The lowest BCUT2D eigenvalue weighted by Gasteiger charge is -2.43. The number of hydrogen-bond donors (Lipinski definition) is 10. The SMILES string of the molecule is C=C/C(C)=C\C=C/C.[B]C(O)(O)C(O)(Nc1cc(-c2c[nH]c(C(=O)NCCO)c2)c(Cl)cn1)C(O)(O)O. The van der Waals surface area contributed by atoms with Crippen LogP contribution in [-0.4, -0.2) is 90.0 Å². The second kappa shape index (κ2) is 13.5. The van der Waals surface area contributed by atoms with Gasteiger partial charge in [-0.1, -0.05) is 48.1 Å². The smallest absolute Gasteiger partial charge is 0.331 e. The summed E-state index contributed by atoms with van der Waals surface area (Å²) in [6, 6.07) is 2.55. The zero-order valence-electron chi connectivity index (χ0n) is 20.2. The molecule has 2 aromatic heterocycles. The summed E-state index contributed by atoms with van der Waals surface area (Å²) in [4.78, 5) is 18.3. The summed E-state index contributed by atoms with van der Waals surface area (Å²) in [7, 11) is 4.90. The predicted octanol–water partition coefficient (Wildman–Crippen LogP) is -0.315. The first kappa shape index (κ1) is 32.0. The fourth-order valence-corrected chi connectivity index (χ4v) is 2.81. The van der Waals surface area contributed by atoms with Crippen molar-refractivity contribution in [2.75, 3.05) is 18.5 Å². The van der Waals surface area contributed by atoms with Gasteiger partial charge in [-0.3, -0.25) is 4.79 Å². The van der Waals surface area contributed by atoms with Gasteiger partial charge in [0.1, 0.15) is 11.5 Å². The predicted molar refractivity (Wildman–Crippen MR) is 138 cm³/mol. The first-order valence-electron chi connectivity index (χ1n) is 10.7. The number of amides is 1. The Morgan fingerprint density at radius 3 is 2.41 bits per heavy atom. The van der Waals surface area contributed by atoms with Crippen LogP contribution < -0.4 is 10.6 Å². The molecule has 200 valence electrons. The molecule has 37 heavy (non-hydrogen) atoms. The molecule has 0 fully saturated rings. The number of aromatic nitrogens is 2. The average molecular weight is 537 g/mol. The fraction of sp³-hybridized carbons (Fsp3) is 0.304. The number of aliphatic hydroxyl groups is 7. The van der Waals surface area contributed by atoms with E-state index in [2.05, 4.69) is 21.9 Å². The molecule has 0 aliphatic carbocycles. The minimum Gasteiger partial charge on any atom is -0.395 e. The maximum absolute atomic E-state index is 11.9. The van der Waals surface area contributed by atoms with Gasteiger partial charge in [-0.15, -0.1) is 0 Å². The second-order valence-electron chi connectivity index (χ2n) is 7.67.